The molecule has 0 aliphatic heterocycles. The van der Waals surface area contributed by atoms with Gasteiger partial charge in [-0.15, -0.1) is 0 Å². The smallest absolute Gasteiger partial charge is 0.127 e. The maximum Gasteiger partial charge on any atom is 0.127 e. The lowest BCUT2D eigenvalue weighted by molar-refractivity contribution is 0.176. The highest BCUT2D eigenvalue weighted by Gasteiger charge is 2.38. The van der Waals surface area contributed by atoms with Gasteiger partial charge in [-0.2, -0.15) is 0 Å². The van der Waals surface area contributed by atoms with Crippen molar-refractivity contribution in [1.29, 1.82) is 0 Å². The van der Waals surface area contributed by atoms with Crippen LogP contribution >= 0.6 is 0 Å². The molecule has 2 rings (SSSR count). The second-order valence-corrected chi connectivity index (χ2v) is 4.81. The zero-order valence-corrected chi connectivity index (χ0v) is 11.3. The van der Waals surface area contributed by atoms with E-state index in [1.807, 2.05) is 12.1 Å². The number of benzene rings is 1. The van der Waals surface area contributed by atoms with Crippen molar-refractivity contribution in [2.45, 2.75) is 31.4 Å². The van der Waals surface area contributed by atoms with Gasteiger partial charge in [0.25, 0.3) is 0 Å². The number of ether oxygens (including phenoxy) is 3. The molecule has 0 radical (unpaired) electrons. The lowest BCUT2D eigenvalue weighted by Crippen LogP contribution is -2.44. The Hall–Kier alpha value is -1.26. The molecule has 0 aromatic heterocycles. The van der Waals surface area contributed by atoms with Gasteiger partial charge in [0, 0.05) is 24.3 Å². The minimum atomic E-state index is -0.272. The van der Waals surface area contributed by atoms with Gasteiger partial charge in [0.1, 0.15) is 11.5 Å². The fourth-order valence-corrected chi connectivity index (χ4v) is 2.57. The molecule has 1 aliphatic carbocycles. The highest BCUT2D eigenvalue weighted by Crippen LogP contribution is 2.46. The first kappa shape index (κ1) is 13.2. The minimum absolute atomic E-state index is 0.272. The highest BCUT2D eigenvalue weighted by atomic mass is 16.5. The average Bonchev–Trinajstić information content (AvgIpc) is 2.35. The zero-order chi connectivity index (χ0) is 13.2. The van der Waals surface area contributed by atoms with Crippen LogP contribution in [0, 0.1) is 0 Å². The summed E-state index contributed by atoms with van der Waals surface area (Å²) in [6.45, 7) is 0.516. The van der Waals surface area contributed by atoms with E-state index in [9.17, 15) is 0 Å². The molecule has 100 valence electrons. The number of methoxy groups -OCH3 is 3. The molecule has 0 bridgehead atoms. The summed E-state index contributed by atoms with van der Waals surface area (Å²) in [6, 6.07) is 3.87. The standard InChI is InChI=1S/C14H21NO3/c1-16-9-10-7-11(17-2)8-12(18-3)13(10)14(15)5-4-6-14/h7-8H,4-6,9,15H2,1-3H3. The highest BCUT2D eigenvalue weighted by molar-refractivity contribution is 5.51. The quantitative estimate of drug-likeness (QED) is 0.871. The lowest BCUT2D eigenvalue weighted by Gasteiger charge is -2.40. The minimum Gasteiger partial charge on any atom is -0.497 e. The van der Waals surface area contributed by atoms with Gasteiger partial charge in [-0.3, -0.25) is 0 Å². The van der Waals surface area contributed by atoms with E-state index in [-0.39, 0.29) is 5.54 Å². The van der Waals surface area contributed by atoms with Gasteiger partial charge < -0.3 is 19.9 Å². The molecule has 0 heterocycles. The Morgan fingerprint density at radius 2 is 1.89 bits per heavy atom. The molecule has 1 aliphatic rings. The first-order valence-corrected chi connectivity index (χ1v) is 6.18. The zero-order valence-electron chi connectivity index (χ0n) is 11.3. The topological polar surface area (TPSA) is 53.7 Å². The summed E-state index contributed by atoms with van der Waals surface area (Å²) in [4.78, 5) is 0. The van der Waals surface area contributed by atoms with Crippen molar-refractivity contribution in [3.63, 3.8) is 0 Å². The first-order valence-electron chi connectivity index (χ1n) is 6.18. The molecule has 4 nitrogen and oxygen atoms in total. The molecule has 1 aromatic rings. The molecule has 18 heavy (non-hydrogen) atoms. The molecule has 2 N–H and O–H groups in total. The molecule has 0 unspecified atom stereocenters. The molecule has 4 heteroatoms. The van der Waals surface area contributed by atoms with Gasteiger partial charge >= 0.3 is 0 Å². The summed E-state index contributed by atoms with van der Waals surface area (Å²) in [6.07, 6.45) is 3.15. The lowest BCUT2D eigenvalue weighted by atomic mass is 9.71. The Labute approximate surface area is 108 Å². The van der Waals surface area contributed by atoms with E-state index in [0.29, 0.717) is 6.61 Å². The van der Waals surface area contributed by atoms with Crippen LogP contribution in [0.5, 0.6) is 11.5 Å². The van der Waals surface area contributed by atoms with Gasteiger partial charge in [0.05, 0.1) is 20.8 Å². The maximum absolute atomic E-state index is 6.45. The molecule has 0 spiro atoms. The number of hydrogen-bond acceptors (Lipinski definition) is 4. The van der Waals surface area contributed by atoms with Crippen LogP contribution in [-0.2, 0) is 16.9 Å². The van der Waals surface area contributed by atoms with Crippen molar-refractivity contribution in [3.8, 4) is 11.5 Å². The molecule has 1 aromatic carbocycles. The van der Waals surface area contributed by atoms with E-state index in [0.717, 1.165) is 41.9 Å². The van der Waals surface area contributed by atoms with Crippen molar-refractivity contribution < 1.29 is 14.2 Å². The van der Waals surface area contributed by atoms with Crippen LogP contribution < -0.4 is 15.2 Å². The van der Waals surface area contributed by atoms with Crippen molar-refractivity contribution in [2.75, 3.05) is 21.3 Å². The Kier molecular flexibility index (Phi) is 3.78. The van der Waals surface area contributed by atoms with Crippen LogP contribution in [0.1, 0.15) is 30.4 Å². The Morgan fingerprint density at radius 1 is 1.17 bits per heavy atom. The summed E-state index contributed by atoms with van der Waals surface area (Å²) >= 11 is 0. The third-order valence-electron chi connectivity index (χ3n) is 3.66. The van der Waals surface area contributed by atoms with Crippen LogP contribution in [0.25, 0.3) is 0 Å². The number of nitrogens with two attached hydrogens (primary N) is 1. The van der Waals surface area contributed by atoms with Gasteiger partial charge in [0.15, 0.2) is 0 Å². The summed E-state index contributed by atoms with van der Waals surface area (Å²) in [5.41, 5.74) is 8.29. The average molecular weight is 251 g/mol. The van der Waals surface area contributed by atoms with Crippen molar-refractivity contribution in [1.82, 2.24) is 0 Å². The van der Waals surface area contributed by atoms with E-state index in [4.69, 9.17) is 19.9 Å². The van der Waals surface area contributed by atoms with E-state index in [2.05, 4.69) is 0 Å². The summed E-state index contributed by atoms with van der Waals surface area (Å²) in [5.74, 6) is 1.56. The number of hydrogen-bond donors (Lipinski definition) is 1. The molecular weight excluding hydrogens is 230 g/mol. The van der Waals surface area contributed by atoms with Crippen LogP contribution in [0.15, 0.2) is 12.1 Å². The van der Waals surface area contributed by atoms with E-state index in [1.54, 1.807) is 21.3 Å². The summed E-state index contributed by atoms with van der Waals surface area (Å²) < 4.78 is 16.0. The van der Waals surface area contributed by atoms with Gasteiger partial charge in [-0.25, -0.2) is 0 Å². The monoisotopic (exact) mass is 251 g/mol. The molecular formula is C14H21NO3. The first-order chi connectivity index (χ1) is 8.64. The molecule has 0 amide bonds. The summed E-state index contributed by atoms with van der Waals surface area (Å²) in [5, 5.41) is 0. The number of rotatable bonds is 5. The predicted octanol–water partition coefficient (Wildman–Crippen LogP) is 2.19. The maximum atomic E-state index is 6.45. The van der Waals surface area contributed by atoms with Crippen molar-refractivity contribution >= 4 is 0 Å². The molecule has 0 atom stereocenters. The summed E-state index contributed by atoms with van der Waals surface area (Å²) in [7, 11) is 4.99. The third kappa shape index (κ3) is 2.18. The normalized spacial score (nSPS) is 17.1. The fourth-order valence-electron chi connectivity index (χ4n) is 2.57. The second kappa shape index (κ2) is 5.16. The van der Waals surface area contributed by atoms with Gasteiger partial charge in [-0.05, 0) is 30.9 Å². The molecule has 1 fully saturated rings. The third-order valence-corrected chi connectivity index (χ3v) is 3.66. The Bertz CT molecular complexity index is 427. The Morgan fingerprint density at radius 3 is 2.33 bits per heavy atom. The second-order valence-electron chi connectivity index (χ2n) is 4.81. The van der Waals surface area contributed by atoms with Crippen molar-refractivity contribution in [3.05, 3.63) is 23.3 Å². The van der Waals surface area contributed by atoms with Crippen LogP contribution in [0.2, 0.25) is 0 Å². The molecule has 0 saturated heterocycles. The van der Waals surface area contributed by atoms with Gasteiger partial charge in [-0.1, -0.05) is 0 Å². The van der Waals surface area contributed by atoms with Crippen LogP contribution in [-0.4, -0.2) is 21.3 Å². The predicted molar refractivity (Wildman–Crippen MR) is 70.0 cm³/mol. The Balaban J connectivity index is 2.52. The van der Waals surface area contributed by atoms with E-state index < -0.39 is 0 Å². The molecule has 1 saturated carbocycles. The SMILES string of the molecule is COCc1cc(OC)cc(OC)c1C1(N)CCC1. The van der Waals surface area contributed by atoms with Gasteiger partial charge in [0.2, 0.25) is 0 Å². The van der Waals surface area contributed by atoms with Crippen LogP contribution in [0.4, 0.5) is 0 Å². The largest absolute Gasteiger partial charge is 0.497 e. The van der Waals surface area contributed by atoms with E-state index in [1.165, 1.54) is 0 Å². The van der Waals surface area contributed by atoms with E-state index >= 15 is 0 Å². The van der Waals surface area contributed by atoms with Crippen molar-refractivity contribution in [2.24, 2.45) is 5.73 Å². The fraction of sp³-hybridized carbons (Fsp3) is 0.571. The van der Waals surface area contributed by atoms with Crippen LogP contribution in [0.3, 0.4) is 0 Å².